The summed E-state index contributed by atoms with van der Waals surface area (Å²) < 4.78 is 1.80. The van der Waals surface area contributed by atoms with Gasteiger partial charge >= 0.3 is 0 Å². The van der Waals surface area contributed by atoms with Gasteiger partial charge in [0.25, 0.3) is 5.91 Å². The molecule has 0 spiro atoms. The van der Waals surface area contributed by atoms with Crippen molar-refractivity contribution in [3.8, 4) is 11.1 Å². The largest absolute Gasteiger partial charge is 0.347 e. The molecule has 2 aromatic heterocycles. The van der Waals surface area contributed by atoms with E-state index in [1.807, 2.05) is 38.3 Å². The zero-order valence-corrected chi connectivity index (χ0v) is 13.0. The van der Waals surface area contributed by atoms with Gasteiger partial charge in [-0.1, -0.05) is 0 Å². The number of carbonyl (C=O) groups is 1. The van der Waals surface area contributed by atoms with Crippen molar-refractivity contribution in [1.82, 2.24) is 19.6 Å². The second kappa shape index (κ2) is 5.76. The quantitative estimate of drug-likeness (QED) is 0.855. The fourth-order valence-electron chi connectivity index (χ4n) is 2.37. The highest BCUT2D eigenvalue weighted by Gasteiger charge is 2.23. The van der Waals surface area contributed by atoms with Crippen LogP contribution in [0.3, 0.4) is 0 Å². The molecule has 22 heavy (non-hydrogen) atoms. The van der Waals surface area contributed by atoms with Crippen LogP contribution in [0.1, 0.15) is 16.9 Å². The highest BCUT2D eigenvalue weighted by molar-refractivity contribution is 5.93. The minimum atomic E-state index is -0.114. The summed E-state index contributed by atoms with van der Waals surface area (Å²) in [6, 6.07) is 1.85. The Labute approximate surface area is 129 Å². The van der Waals surface area contributed by atoms with Crippen LogP contribution in [0.5, 0.6) is 0 Å². The van der Waals surface area contributed by atoms with Gasteiger partial charge in [0, 0.05) is 50.9 Å². The van der Waals surface area contributed by atoms with Crippen molar-refractivity contribution in [2.45, 2.75) is 6.42 Å². The standard InChI is InChI=1S/C15H19N5O2/c1-18(2)15-16-8-12(9-17-15)11-7-13(19(3)10-11)14(21)20-5-4-6-22-20/h7-10H,4-6H2,1-3H3. The molecule has 116 valence electrons. The van der Waals surface area contributed by atoms with E-state index in [4.69, 9.17) is 4.84 Å². The van der Waals surface area contributed by atoms with Gasteiger partial charge < -0.3 is 9.47 Å². The Morgan fingerprint density at radius 2 is 2.00 bits per heavy atom. The lowest BCUT2D eigenvalue weighted by atomic mass is 10.2. The first-order chi connectivity index (χ1) is 10.6. The summed E-state index contributed by atoms with van der Waals surface area (Å²) in [7, 11) is 5.64. The van der Waals surface area contributed by atoms with E-state index in [0.717, 1.165) is 17.5 Å². The zero-order chi connectivity index (χ0) is 15.7. The van der Waals surface area contributed by atoms with E-state index in [1.165, 1.54) is 5.06 Å². The molecule has 0 radical (unpaired) electrons. The molecule has 3 heterocycles. The van der Waals surface area contributed by atoms with Crippen molar-refractivity contribution < 1.29 is 9.63 Å². The van der Waals surface area contributed by atoms with Crippen molar-refractivity contribution in [2.75, 3.05) is 32.1 Å². The lowest BCUT2D eigenvalue weighted by Crippen LogP contribution is -2.28. The third-order valence-electron chi connectivity index (χ3n) is 3.57. The highest BCUT2D eigenvalue weighted by Crippen LogP contribution is 2.23. The van der Waals surface area contributed by atoms with Gasteiger partial charge in [0.15, 0.2) is 0 Å². The second-order valence-electron chi connectivity index (χ2n) is 5.49. The summed E-state index contributed by atoms with van der Waals surface area (Å²) in [6.07, 6.45) is 6.30. The Hall–Kier alpha value is -2.41. The average Bonchev–Trinajstić information content (AvgIpc) is 3.16. The van der Waals surface area contributed by atoms with E-state index < -0.39 is 0 Å². The summed E-state index contributed by atoms with van der Waals surface area (Å²) in [5.41, 5.74) is 2.38. The van der Waals surface area contributed by atoms with Gasteiger partial charge in [-0.3, -0.25) is 9.63 Å². The van der Waals surface area contributed by atoms with Gasteiger partial charge in [-0.05, 0) is 12.5 Å². The van der Waals surface area contributed by atoms with Crippen LogP contribution < -0.4 is 4.90 Å². The van der Waals surface area contributed by atoms with Crippen LogP contribution in [0.2, 0.25) is 0 Å². The molecule has 1 amide bonds. The fourth-order valence-corrected chi connectivity index (χ4v) is 2.37. The van der Waals surface area contributed by atoms with E-state index in [2.05, 4.69) is 9.97 Å². The molecule has 1 saturated heterocycles. The minimum Gasteiger partial charge on any atom is -0.347 e. The molecule has 1 aliphatic heterocycles. The zero-order valence-electron chi connectivity index (χ0n) is 13.0. The van der Waals surface area contributed by atoms with Crippen molar-refractivity contribution in [3.05, 3.63) is 30.4 Å². The Balaban J connectivity index is 1.86. The maximum atomic E-state index is 12.4. The van der Waals surface area contributed by atoms with Crippen LogP contribution in [0, 0.1) is 0 Å². The number of aryl methyl sites for hydroxylation is 1. The van der Waals surface area contributed by atoms with Crippen LogP contribution in [0.25, 0.3) is 11.1 Å². The smallest absolute Gasteiger partial charge is 0.294 e. The molecule has 1 aliphatic rings. The Morgan fingerprint density at radius 3 is 2.59 bits per heavy atom. The Morgan fingerprint density at radius 1 is 1.27 bits per heavy atom. The minimum absolute atomic E-state index is 0.114. The molecule has 3 rings (SSSR count). The fraction of sp³-hybridized carbons (Fsp3) is 0.400. The van der Waals surface area contributed by atoms with E-state index >= 15 is 0 Å². The third-order valence-corrected chi connectivity index (χ3v) is 3.57. The van der Waals surface area contributed by atoms with Crippen molar-refractivity contribution >= 4 is 11.9 Å². The van der Waals surface area contributed by atoms with Crippen LogP contribution in [0.4, 0.5) is 5.95 Å². The van der Waals surface area contributed by atoms with Crippen LogP contribution >= 0.6 is 0 Å². The maximum Gasteiger partial charge on any atom is 0.294 e. The lowest BCUT2D eigenvalue weighted by Gasteiger charge is -2.13. The number of aromatic nitrogens is 3. The van der Waals surface area contributed by atoms with Crippen molar-refractivity contribution in [1.29, 1.82) is 0 Å². The molecule has 0 aliphatic carbocycles. The number of rotatable bonds is 3. The first-order valence-corrected chi connectivity index (χ1v) is 7.17. The lowest BCUT2D eigenvalue weighted by molar-refractivity contribution is -0.0773. The molecular weight excluding hydrogens is 282 g/mol. The van der Waals surface area contributed by atoms with Crippen LogP contribution in [-0.4, -0.2) is 52.8 Å². The van der Waals surface area contributed by atoms with Gasteiger partial charge in [0.1, 0.15) is 5.69 Å². The number of amides is 1. The summed E-state index contributed by atoms with van der Waals surface area (Å²) in [4.78, 5) is 28.2. The summed E-state index contributed by atoms with van der Waals surface area (Å²) >= 11 is 0. The van der Waals surface area contributed by atoms with Gasteiger partial charge in [-0.25, -0.2) is 15.0 Å². The van der Waals surface area contributed by atoms with E-state index in [1.54, 1.807) is 17.0 Å². The molecule has 2 aromatic rings. The summed E-state index contributed by atoms with van der Waals surface area (Å²) in [5, 5.41) is 1.42. The van der Waals surface area contributed by atoms with E-state index in [-0.39, 0.29) is 5.91 Å². The maximum absolute atomic E-state index is 12.4. The van der Waals surface area contributed by atoms with E-state index in [0.29, 0.717) is 24.8 Å². The van der Waals surface area contributed by atoms with Gasteiger partial charge in [0.2, 0.25) is 5.95 Å². The first-order valence-electron chi connectivity index (χ1n) is 7.17. The number of hydrogen-bond donors (Lipinski definition) is 0. The van der Waals surface area contributed by atoms with Gasteiger partial charge in [-0.15, -0.1) is 0 Å². The number of nitrogens with zero attached hydrogens (tertiary/aromatic N) is 5. The number of carbonyl (C=O) groups excluding carboxylic acids is 1. The Kier molecular flexibility index (Phi) is 3.81. The van der Waals surface area contributed by atoms with Gasteiger partial charge in [-0.2, -0.15) is 0 Å². The van der Waals surface area contributed by atoms with Crippen LogP contribution in [-0.2, 0) is 11.9 Å². The van der Waals surface area contributed by atoms with Crippen LogP contribution in [0.15, 0.2) is 24.7 Å². The van der Waals surface area contributed by atoms with Crippen molar-refractivity contribution in [2.24, 2.45) is 7.05 Å². The molecule has 0 bridgehead atoms. The molecule has 0 N–H and O–H groups in total. The second-order valence-corrected chi connectivity index (χ2v) is 5.49. The predicted molar refractivity (Wildman–Crippen MR) is 82.4 cm³/mol. The molecule has 1 fully saturated rings. The summed E-state index contributed by atoms with van der Waals surface area (Å²) in [5.74, 6) is 0.540. The molecule has 0 aromatic carbocycles. The predicted octanol–water partition coefficient (Wildman–Crippen LogP) is 1.33. The number of anilines is 1. The first kappa shape index (κ1) is 14.5. The van der Waals surface area contributed by atoms with E-state index in [9.17, 15) is 4.79 Å². The molecule has 7 nitrogen and oxygen atoms in total. The van der Waals surface area contributed by atoms with Crippen molar-refractivity contribution in [3.63, 3.8) is 0 Å². The monoisotopic (exact) mass is 301 g/mol. The van der Waals surface area contributed by atoms with Gasteiger partial charge in [0.05, 0.1) is 13.2 Å². The molecule has 0 atom stereocenters. The number of hydroxylamine groups is 2. The topological polar surface area (TPSA) is 63.5 Å². The Bertz CT molecular complexity index is 672. The molecule has 0 saturated carbocycles. The third kappa shape index (κ3) is 2.67. The average molecular weight is 301 g/mol. The normalized spacial score (nSPS) is 14.4. The molecule has 0 unspecified atom stereocenters. The number of hydrogen-bond acceptors (Lipinski definition) is 5. The summed E-state index contributed by atoms with van der Waals surface area (Å²) in [6.45, 7) is 1.24. The molecule has 7 heteroatoms. The highest BCUT2D eigenvalue weighted by atomic mass is 16.7. The molecular formula is C15H19N5O2. The SMILES string of the molecule is CN(C)c1ncc(-c2cc(C(=O)N3CCCO3)n(C)c2)cn1.